The van der Waals surface area contributed by atoms with E-state index in [4.69, 9.17) is 0 Å². The van der Waals surface area contributed by atoms with E-state index in [0.29, 0.717) is 11.2 Å². The quantitative estimate of drug-likeness (QED) is 0.530. The maximum Gasteiger partial charge on any atom is 0.129 e. The van der Waals surface area contributed by atoms with Gasteiger partial charge in [-0.3, -0.25) is 0 Å². The monoisotopic (exact) mass is 198 g/mol. The number of hydrogen-bond acceptors (Lipinski definition) is 1. The zero-order chi connectivity index (χ0) is 11.0. The fourth-order valence-electron chi connectivity index (χ4n) is 1.79. The van der Waals surface area contributed by atoms with Gasteiger partial charge in [-0.1, -0.05) is 40.0 Å². The predicted octanol–water partition coefficient (Wildman–Crippen LogP) is 4.35. The lowest BCUT2D eigenvalue weighted by Crippen LogP contribution is -2.11. The lowest BCUT2D eigenvalue weighted by Gasteiger charge is -2.24. The van der Waals surface area contributed by atoms with Gasteiger partial charge in [0.2, 0.25) is 0 Å². The van der Waals surface area contributed by atoms with Crippen LogP contribution in [0, 0.1) is 5.41 Å². The highest BCUT2D eigenvalue weighted by molar-refractivity contribution is 5.75. The van der Waals surface area contributed by atoms with Gasteiger partial charge in [-0.15, -0.1) is 0 Å². The molecule has 0 saturated heterocycles. The van der Waals surface area contributed by atoms with Crippen molar-refractivity contribution in [1.82, 2.24) is 0 Å². The number of Topliss-reactive ketones (excluding diaryl/α,β-unsaturated/α-hetero) is 1. The van der Waals surface area contributed by atoms with E-state index >= 15 is 0 Å². The summed E-state index contributed by atoms with van der Waals surface area (Å²) in [5, 5.41) is 0. The molecule has 0 radical (unpaired) electrons. The van der Waals surface area contributed by atoms with Gasteiger partial charge in [0.05, 0.1) is 0 Å². The minimum absolute atomic E-state index is 0.328. The van der Waals surface area contributed by atoms with Crippen molar-refractivity contribution in [2.45, 2.75) is 72.6 Å². The van der Waals surface area contributed by atoms with Gasteiger partial charge in [0, 0.05) is 6.42 Å². The summed E-state index contributed by atoms with van der Waals surface area (Å²) in [6.45, 7) is 8.57. The molecule has 0 aliphatic heterocycles. The van der Waals surface area contributed by atoms with Crippen LogP contribution in [-0.4, -0.2) is 5.78 Å². The van der Waals surface area contributed by atoms with Crippen molar-refractivity contribution < 1.29 is 4.79 Å². The summed E-state index contributed by atoms with van der Waals surface area (Å²) in [7, 11) is 0. The molecule has 0 unspecified atom stereocenters. The first-order chi connectivity index (χ1) is 6.48. The second-order valence-electron chi connectivity index (χ2n) is 5.18. The molecule has 0 saturated carbocycles. The second kappa shape index (κ2) is 7.03. The Balaban J connectivity index is 3.55. The van der Waals surface area contributed by atoms with Crippen LogP contribution in [-0.2, 0) is 4.79 Å². The van der Waals surface area contributed by atoms with Gasteiger partial charge >= 0.3 is 0 Å². The van der Waals surface area contributed by atoms with E-state index in [-0.39, 0.29) is 0 Å². The fourth-order valence-corrected chi connectivity index (χ4v) is 1.79. The van der Waals surface area contributed by atoms with E-state index in [2.05, 4.69) is 20.8 Å². The standard InChI is InChI=1S/C13H26O/c1-5-6-7-10-13(3,4)11-8-9-12(2)14/h5-11H2,1-4H3. The Morgan fingerprint density at radius 1 is 1.07 bits per heavy atom. The summed E-state index contributed by atoms with van der Waals surface area (Å²) in [5.41, 5.74) is 0.435. The molecule has 0 rings (SSSR count). The molecule has 0 aromatic heterocycles. The Bertz CT molecular complexity index is 159. The van der Waals surface area contributed by atoms with Gasteiger partial charge in [-0.25, -0.2) is 0 Å². The Morgan fingerprint density at radius 2 is 1.64 bits per heavy atom. The molecule has 0 amide bonds. The summed E-state index contributed by atoms with van der Waals surface area (Å²) in [6.07, 6.45) is 8.30. The van der Waals surface area contributed by atoms with Crippen molar-refractivity contribution in [3.05, 3.63) is 0 Å². The number of hydrogen-bond donors (Lipinski definition) is 0. The summed E-state index contributed by atoms with van der Waals surface area (Å²) < 4.78 is 0. The zero-order valence-corrected chi connectivity index (χ0v) is 10.4. The van der Waals surface area contributed by atoms with Crippen LogP contribution in [0.5, 0.6) is 0 Å². The second-order valence-corrected chi connectivity index (χ2v) is 5.18. The molecule has 0 atom stereocenters. The molecular formula is C13H26O. The fraction of sp³-hybridized carbons (Fsp3) is 0.923. The first kappa shape index (κ1) is 13.7. The lowest BCUT2D eigenvalue weighted by atomic mass is 9.82. The van der Waals surface area contributed by atoms with Crippen molar-refractivity contribution >= 4 is 5.78 Å². The molecule has 1 heteroatoms. The molecule has 14 heavy (non-hydrogen) atoms. The van der Waals surface area contributed by atoms with Gasteiger partial charge in [-0.2, -0.15) is 0 Å². The minimum atomic E-state index is 0.328. The third kappa shape index (κ3) is 8.28. The highest BCUT2D eigenvalue weighted by atomic mass is 16.1. The maximum atomic E-state index is 10.8. The third-order valence-corrected chi connectivity index (χ3v) is 2.84. The van der Waals surface area contributed by atoms with Gasteiger partial charge in [0.15, 0.2) is 0 Å². The van der Waals surface area contributed by atoms with E-state index < -0.39 is 0 Å². The predicted molar refractivity (Wildman–Crippen MR) is 62.5 cm³/mol. The van der Waals surface area contributed by atoms with Crippen molar-refractivity contribution in [1.29, 1.82) is 0 Å². The smallest absolute Gasteiger partial charge is 0.129 e. The van der Waals surface area contributed by atoms with Crippen LogP contribution in [0.15, 0.2) is 0 Å². The van der Waals surface area contributed by atoms with Crippen LogP contribution in [0.25, 0.3) is 0 Å². The topological polar surface area (TPSA) is 17.1 Å². The summed E-state index contributed by atoms with van der Waals surface area (Å²) in [4.78, 5) is 10.8. The molecule has 84 valence electrons. The van der Waals surface area contributed by atoms with Crippen molar-refractivity contribution in [2.75, 3.05) is 0 Å². The van der Waals surface area contributed by atoms with E-state index in [1.165, 1.54) is 32.1 Å². The van der Waals surface area contributed by atoms with Crippen LogP contribution in [0.3, 0.4) is 0 Å². The summed E-state index contributed by atoms with van der Waals surface area (Å²) in [5.74, 6) is 0.328. The maximum absolute atomic E-state index is 10.8. The van der Waals surface area contributed by atoms with E-state index in [9.17, 15) is 4.79 Å². The van der Waals surface area contributed by atoms with Gasteiger partial charge in [0.1, 0.15) is 5.78 Å². The Hall–Kier alpha value is -0.330. The normalized spacial score (nSPS) is 11.7. The molecule has 0 heterocycles. The number of carbonyl (C=O) groups is 1. The van der Waals surface area contributed by atoms with Crippen LogP contribution >= 0.6 is 0 Å². The van der Waals surface area contributed by atoms with Gasteiger partial charge in [0.25, 0.3) is 0 Å². The average Bonchev–Trinajstić information content (AvgIpc) is 2.03. The number of rotatable bonds is 8. The van der Waals surface area contributed by atoms with E-state index in [0.717, 1.165) is 12.8 Å². The van der Waals surface area contributed by atoms with Crippen LogP contribution in [0.2, 0.25) is 0 Å². The number of unbranched alkanes of at least 4 members (excludes halogenated alkanes) is 2. The first-order valence-electron chi connectivity index (χ1n) is 5.97. The van der Waals surface area contributed by atoms with Gasteiger partial charge in [-0.05, 0) is 31.6 Å². The molecular weight excluding hydrogens is 172 g/mol. The molecule has 0 spiro atoms. The summed E-state index contributed by atoms with van der Waals surface area (Å²) in [6, 6.07) is 0. The number of ketones is 1. The Labute approximate surface area is 89.3 Å². The molecule has 0 N–H and O–H groups in total. The molecule has 0 bridgehead atoms. The molecule has 1 nitrogen and oxygen atoms in total. The molecule has 0 aliphatic rings. The Kier molecular flexibility index (Phi) is 6.86. The lowest BCUT2D eigenvalue weighted by molar-refractivity contribution is -0.117. The molecule has 0 aromatic rings. The molecule has 0 fully saturated rings. The molecule has 0 aliphatic carbocycles. The third-order valence-electron chi connectivity index (χ3n) is 2.84. The van der Waals surface area contributed by atoms with Crippen LogP contribution < -0.4 is 0 Å². The minimum Gasteiger partial charge on any atom is -0.300 e. The van der Waals surface area contributed by atoms with Crippen molar-refractivity contribution in [3.63, 3.8) is 0 Å². The molecule has 0 aromatic carbocycles. The van der Waals surface area contributed by atoms with Crippen molar-refractivity contribution in [2.24, 2.45) is 5.41 Å². The zero-order valence-electron chi connectivity index (χ0n) is 10.4. The largest absolute Gasteiger partial charge is 0.300 e. The van der Waals surface area contributed by atoms with Crippen molar-refractivity contribution in [3.8, 4) is 0 Å². The highest BCUT2D eigenvalue weighted by Crippen LogP contribution is 2.29. The van der Waals surface area contributed by atoms with Gasteiger partial charge < -0.3 is 4.79 Å². The average molecular weight is 198 g/mol. The van der Waals surface area contributed by atoms with Crippen LogP contribution in [0.4, 0.5) is 0 Å². The number of carbonyl (C=O) groups excluding carboxylic acids is 1. The SMILES string of the molecule is CCCCCC(C)(C)CCCC(C)=O. The van der Waals surface area contributed by atoms with E-state index in [1.807, 2.05) is 0 Å². The summed E-state index contributed by atoms with van der Waals surface area (Å²) >= 11 is 0. The highest BCUT2D eigenvalue weighted by Gasteiger charge is 2.16. The van der Waals surface area contributed by atoms with Crippen LogP contribution in [0.1, 0.15) is 72.6 Å². The first-order valence-corrected chi connectivity index (χ1v) is 5.97. The van der Waals surface area contributed by atoms with E-state index in [1.54, 1.807) is 6.92 Å². The Morgan fingerprint density at radius 3 is 2.14 bits per heavy atom.